The van der Waals surface area contributed by atoms with E-state index in [1.165, 1.54) is 16.7 Å². The molecule has 0 atom stereocenters. The van der Waals surface area contributed by atoms with Gasteiger partial charge in [0.25, 0.3) is 0 Å². The second-order valence-corrected chi connectivity index (χ2v) is 5.78. The Labute approximate surface area is 141 Å². The van der Waals surface area contributed by atoms with Crippen molar-refractivity contribution in [3.8, 4) is 11.1 Å². The molecule has 0 saturated heterocycles. The fourth-order valence-corrected chi connectivity index (χ4v) is 3.24. The van der Waals surface area contributed by atoms with Gasteiger partial charge in [0, 0.05) is 23.7 Å². The number of aromatic nitrogens is 2. The van der Waals surface area contributed by atoms with E-state index in [4.69, 9.17) is 0 Å². The molecule has 2 heterocycles. The molecule has 4 rings (SSSR count). The van der Waals surface area contributed by atoms with Crippen LogP contribution < -0.4 is 0 Å². The highest BCUT2D eigenvalue weighted by molar-refractivity contribution is 5.99. The first-order valence-electron chi connectivity index (χ1n) is 8.07. The average Bonchev–Trinajstić information content (AvgIpc) is 2.97. The second-order valence-electron chi connectivity index (χ2n) is 5.78. The summed E-state index contributed by atoms with van der Waals surface area (Å²) in [6, 6.07) is 25.1. The van der Waals surface area contributed by atoms with Crippen LogP contribution in [-0.2, 0) is 6.54 Å². The van der Waals surface area contributed by atoms with Crippen LogP contribution in [0.15, 0.2) is 85.6 Å². The molecule has 24 heavy (non-hydrogen) atoms. The molecule has 0 unspecified atom stereocenters. The van der Waals surface area contributed by atoms with E-state index in [-0.39, 0.29) is 0 Å². The van der Waals surface area contributed by atoms with Crippen molar-refractivity contribution in [2.24, 2.45) is 0 Å². The van der Waals surface area contributed by atoms with E-state index in [1.54, 1.807) is 0 Å². The number of hydrogen-bond acceptors (Lipinski definition) is 1. The topological polar surface area (TPSA) is 17.8 Å². The first-order chi connectivity index (χ1) is 11.9. The van der Waals surface area contributed by atoms with Gasteiger partial charge >= 0.3 is 0 Å². The fraction of sp³-hybridized carbons (Fsp3) is 0.0455. The normalized spacial score (nSPS) is 10.8. The molecule has 2 nitrogen and oxygen atoms in total. The van der Waals surface area contributed by atoms with E-state index in [1.807, 2.05) is 30.5 Å². The summed E-state index contributed by atoms with van der Waals surface area (Å²) in [6.07, 6.45) is 3.79. The predicted molar refractivity (Wildman–Crippen MR) is 101 cm³/mol. The van der Waals surface area contributed by atoms with Crippen molar-refractivity contribution in [2.45, 2.75) is 6.54 Å². The van der Waals surface area contributed by atoms with Crippen molar-refractivity contribution in [1.29, 1.82) is 0 Å². The molecule has 2 aromatic carbocycles. The smallest absolute Gasteiger partial charge is 0.141 e. The zero-order valence-corrected chi connectivity index (χ0v) is 13.4. The van der Waals surface area contributed by atoms with Crippen molar-refractivity contribution < 1.29 is 0 Å². The van der Waals surface area contributed by atoms with Gasteiger partial charge in [0.05, 0.1) is 5.69 Å². The lowest BCUT2D eigenvalue weighted by molar-refractivity contribution is 0.817. The van der Waals surface area contributed by atoms with Crippen molar-refractivity contribution in [1.82, 2.24) is 9.55 Å². The summed E-state index contributed by atoms with van der Waals surface area (Å²) in [5.41, 5.74) is 5.75. The van der Waals surface area contributed by atoms with Crippen LogP contribution in [0.3, 0.4) is 0 Å². The first-order valence-corrected chi connectivity index (χ1v) is 8.07. The highest BCUT2D eigenvalue weighted by Gasteiger charge is 2.17. The Balaban J connectivity index is 1.98. The summed E-state index contributed by atoms with van der Waals surface area (Å²) in [4.78, 5) is 4.65. The molecule has 116 valence electrons. The summed E-state index contributed by atoms with van der Waals surface area (Å²) in [6.45, 7) is 4.85. The van der Waals surface area contributed by atoms with Gasteiger partial charge < -0.3 is 4.57 Å². The second kappa shape index (κ2) is 6.17. The van der Waals surface area contributed by atoms with Gasteiger partial charge in [0.1, 0.15) is 5.65 Å². The molecule has 0 aliphatic rings. The average molecular weight is 310 g/mol. The molecule has 0 spiro atoms. The molecule has 0 fully saturated rings. The van der Waals surface area contributed by atoms with Crippen LogP contribution in [0.4, 0.5) is 0 Å². The monoisotopic (exact) mass is 310 g/mol. The largest absolute Gasteiger partial charge is 0.321 e. The third kappa shape index (κ3) is 2.42. The van der Waals surface area contributed by atoms with Crippen LogP contribution in [0.5, 0.6) is 0 Å². The highest BCUT2D eigenvalue weighted by atomic mass is 15.0. The molecule has 0 saturated carbocycles. The van der Waals surface area contributed by atoms with E-state index in [0.717, 1.165) is 23.3 Å². The van der Waals surface area contributed by atoms with Crippen LogP contribution in [0.2, 0.25) is 0 Å². The van der Waals surface area contributed by atoms with E-state index in [0.29, 0.717) is 0 Å². The molecule has 0 N–H and O–H groups in total. The lowest BCUT2D eigenvalue weighted by atomic mass is 10.0. The Hall–Kier alpha value is -3.13. The Morgan fingerprint density at radius 1 is 0.875 bits per heavy atom. The Morgan fingerprint density at radius 3 is 2.29 bits per heavy atom. The summed E-state index contributed by atoms with van der Waals surface area (Å²) in [5.74, 6) is 0. The maximum atomic E-state index is 4.65. The molecule has 0 radical (unpaired) electrons. The number of hydrogen-bond donors (Lipinski definition) is 0. The van der Waals surface area contributed by atoms with Crippen LogP contribution in [-0.4, -0.2) is 9.55 Å². The van der Waals surface area contributed by atoms with Crippen molar-refractivity contribution in [3.63, 3.8) is 0 Å². The minimum Gasteiger partial charge on any atom is -0.321 e. The van der Waals surface area contributed by atoms with Gasteiger partial charge in [0.15, 0.2) is 0 Å². The van der Waals surface area contributed by atoms with Crippen LogP contribution in [0.1, 0.15) is 11.3 Å². The Morgan fingerprint density at radius 2 is 1.58 bits per heavy atom. The van der Waals surface area contributed by atoms with Gasteiger partial charge in [-0.15, -0.1) is 0 Å². The van der Waals surface area contributed by atoms with Gasteiger partial charge in [-0.05, 0) is 29.3 Å². The summed E-state index contributed by atoms with van der Waals surface area (Å²) < 4.78 is 2.25. The minimum absolute atomic E-state index is 0.780. The van der Waals surface area contributed by atoms with E-state index in [2.05, 4.69) is 70.7 Å². The molecule has 0 aliphatic heterocycles. The van der Waals surface area contributed by atoms with Crippen molar-refractivity contribution in [2.75, 3.05) is 0 Å². The molecule has 0 amide bonds. The molecule has 4 aromatic rings. The molecule has 0 bridgehead atoms. The number of fused-ring (bicyclic) bond motifs is 1. The Bertz CT molecular complexity index is 983. The molecular formula is C22H18N2. The molecular weight excluding hydrogens is 292 g/mol. The highest BCUT2D eigenvalue weighted by Crippen LogP contribution is 2.35. The SMILES string of the molecule is C=Cc1c(-c2ccccc2)c2cccnc2n1Cc1ccccc1. The maximum absolute atomic E-state index is 4.65. The third-order valence-corrected chi connectivity index (χ3v) is 4.30. The van der Waals surface area contributed by atoms with E-state index in [9.17, 15) is 0 Å². The molecule has 2 heteroatoms. The van der Waals surface area contributed by atoms with Gasteiger partial charge in [-0.1, -0.05) is 67.2 Å². The number of benzene rings is 2. The summed E-state index contributed by atoms with van der Waals surface area (Å²) in [7, 11) is 0. The van der Waals surface area contributed by atoms with Crippen molar-refractivity contribution >= 4 is 17.1 Å². The van der Waals surface area contributed by atoms with Gasteiger partial charge in [0.2, 0.25) is 0 Å². The lowest BCUT2D eigenvalue weighted by Gasteiger charge is -2.09. The zero-order chi connectivity index (χ0) is 16.4. The fourth-order valence-electron chi connectivity index (χ4n) is 3.24. The zero-order valence-electron chi connectivity index (χ0n) is 13.4. The summed E-state index contributed by atoms with van der Waals surface area (Å²) in [5, 5.41) is 1.16. The summed E-state index contributed by atoms with van der Waals surface area (Å²) >= 11 is 0. The minimum atomic E-state index is 0.780. The van der Waals surface area contributed by atoms with Crippen LogP contribution in [0, 0.1) is 0 Å². The molecule has 0 aliphatic carbocycles. The number of rotatable bonds is 4. The van der Waals surface area contributed by atoms with Crippen LogP contribution in [0.25, 0.3) is 28.2 Å². The van der Waals surface area contributed by atoms with Gasteiger partial charge in [-0.25, -0.2) is 4.98 Å². The predicted octanol–water partition coefficient (Wildman–Crippen LogP) is 5.39. The van der Waals surface area contributed by atoms with E-state index < -0.39 is 0 Å². The van der Waals surface area contributed by atoms with E-state index >= 15 is 0 Å². The molecule has 2 aromatic heterocycles. The van der Waals surface area contributed by atoms with Gasteiger partial charge in [-0.2, -0.15) is 0 Å². The maximum Gasteiger partial charge on any atom is 0.141 e. The van der Waals surface area contributed by atoms with Crippen molar-refractivity contribution in [3.05, 3.63) is 96.8 Å². The number of nitrogens with zero attached hydrogens (tertiary/aromatic N) is 2. The van der Waals surface area contributed by atoms with Crippen LogP contribution >= 0.6 is 0 Å². The van der Waals surface area contributed by atoms with Gasteiger partial charge in [-0.3, -0.25) is 0 Å². The Kier molecular flexibility index (Phi) is 3.72. The quantitative estimate of drug-likeness (QED) is 0.494. The first kappa shape index (κ1) is 14.5. The standard InChI is InChI=1S/C22H18N2/c1-2-20-21(18-12-7-4-8-13-18)19-14-9-15-23-22(19)24(20)16-17-10-5-3-6-11-17/h2-15H,1,16H2. The lowest BCUT2D eigenvalue weighted by Crippen LogP contribution is -2.02. The number of pyridine rings is 1. The third-order valence-electron chi connectivity index (χ3n) is 4.30.